The Bertz CT molecular complexity index is 1320. The number of amides is 1. The van der Waals surface area contributed by atoms with E-state index in [9.17, 15) is 9.90 Å². The molecule has 0 unspecified atom stereocenters. The standard InChI is InChI=1S/C24H17NO3S/c26-13-19-20(17-10-9-15-5-1-2-6-16(15)11-17)14-29-24(19)25-23(27)22-12-18-7-3-4-8-21(18)28-22/h1-12,14,26H,13H2,(H,25,27). The minimum atomic E-state index is -0.331. The molecular weight excluding hydrogens is 382 g/mol. The molecule has 0 aliphatic carbocycles. The molecule has 5 aromatic rings. The van der Waals surface area contributed by atoms with E-state index in [1.807, 2.05) is 47.8 Å². The van der Waals surface area contributed by atoms with E-state index in [2.05, 4.69) is 29.6 Å². The van der Waals surface area contributed by atoms with Crippen LogP contribution in [-0.2, 0) is 6.61 Å². The molecule has 2 N–H and O–H groups in total. The zero-order valence-corrected chi connectivity index (χ0v) is 16.2. The van der Waals surface area contributed by atoms with Gasteiger partial charge in [0.1, 0.15) is 10.6 Å². The van der Waals surface area contributed by atoms with Crippen molar-refractivity contribution in [2.45, 2.75) is 6.61 Å². The number of para-hydroxylation sites is 1. The summed E-state index contributed by atoms with van der Waals surface area (Å²) >= 11 is 1.40. The van der Waals surface area contributed by atoms with Crippen LogP contribution in [0.25, 0.3) is 32.9 Å². The molecule has 142 valence electrons. The van der Waals surface area contributed by atoms with Gasteiger partial charge in [0.05, 0.1) is 6.61 Å². The van der Waals surface area contributed by atoms with Crippen LogP contribution in [0.1, 0.15) is 16.1 Å². The highest BCUT2D eigenvalue weighted by Crippen LogP contribution is 2.37. The number of hydrogen-bond acceptors (Lipinski definition) is 4. The largest absolute Gasteiger partial charge is 0.451 e. The fourth-order valence-corrected chi connectivity index (χ4v) is 4.48. The topological polar surface area (TPSA) is 62.5 Å². The summed E-state index contributed by atoms with van der Waals surface area (Å²) in [7, 11) is 0. The average molecular weight is 399 g/mol. The number of aliphatic hydroxyl groups excluding tert-OH is 1. The lowest BCUT2D eigenvalue weighted by molar-refractivity contribution is 0.0999. The zero-order chi connectivity index (χ0) is 19.8. The van der Waals surface area contributed by atoms with Crippen molar-refractivity contribution in [2.24, 2.45) is 0 Å². The van der Waals surface area contributed by atoms with Gasteiger partial charge in [-0.05, 0) is 34.5 Å². The van der Waals surface area contributed by atoms with Gasteiger partial charge in [-0.25, -0.2) is 0 Å². The highest BCUT2D eigenvalue weighted by molar-refractivity contribution is 7.15. The third-order valence-corrected chi connectivity index (χ3v) is 5.93. The number of benzene rings is 3. The summed E-state index contributed by atoms with van der Waals surface area (Å²) < 4.78 is 5.65. The Labute approximate surface area is 171 Å². The van der Waals surface area contributed by atoms with Crippen LogP contribution in [0.4, 0.5) is 5.00 Å². The van der Waals surface area contributed by atoms with E-state index in [0.717, 1.165) is 27.3 Å². The first-order chi connectivity index (χ1) is 14.2. The molecule has 0 saturated carbocycles. The molecule has 1 amide bonds. The molecule has 0 saturated heterocycles. The maximum Gasteiger partial charge on any atom is 0.292 e. The normalized spacial score (nSPS) is 11.2. The van der Waals surface area contributed by atoms with Crippen molar-refractivity contribution in [3.8, 4) is 11.1 Å². The maximum atomic E-state index is 12.7. The molecule has 0 spiro atoms. The van der Waals surface area contributed by atoms with Crippen LogP contribution in [-0.4, -0.2) is 11.0 Å². The average Bonchev–Trinajstić information content (AvgIpc) is 3.37. The molecule has 0 atom stereocenters. The Morgan fingerprint density at radius 2 is 1.69 bits per heavy atom. The van der Waals surface area contributed by atoms with Gasteiger partial charge in [-0.3, -0.25) is 4.79 Å². The molecule has 5 rings (SSSR count). The molecular formula is C24H17NO3S. The smallest absolute Gasteiger partial charge is 0.292 e. The maximum absolute atomic E-state index is 12.7. The highest BCUT2D eigenvalue weighted by Gasteiger charge is 2.18. The van der Waals surface area contributed by atoms with Crippen molar-refractivity contribution in [3.05, 3.63) is 89.5 Å². The van der Waals surface area contributed by atoms with Crippen LogP contribution in [0, 0.1) is 0 Å². The lowest BCUT2D eigenvalue weighted by Gasteiger charge is -2.07. The van der Waals surface area contributed by atoms with Crippen LogP contribution >= 0.6 is 11.3 Å². The minimum absolute atomic E-state index is 0.165. The van der Waals surface area contributed by atoms with E-state index in [0.29, 0.717) is 16.1 Å². The Hall–Kier alpha value is -3.41. The van der Waals surface area contributed by atoms with E-state index in [1.54, 1.807) is 6.07 Å². The molecule has 0 aliphatic rings. The number of carbonyl (C=O) groups is 1. The molecule has 2 heterocycles. The number of thiophene rings is 1. The molecule has 4 nitrogen and oxygen atoms in total. The van der Waals surface area contributed by atoms with Gasteiger partial charge in [0.2, 0.25) is 0 Å². The quantitative estimate of drug-likeness (QED) is 0.386. The summed E-state index contributed by atoms with van der Waals surface area (Å²) in [5.74, 6) is -0.0847. The van der Waals surface area contributed by atoms with Gasteiger partial charge in [-0.1, -0.05) is 54.6 Å². The van der Waals surface area contributed by atoms with Crippen LogP contribution in [0.2, 0.25) is 0 Å². The fourth-order valence-electron chi connectivity index (χ4n) is 3.50. The second kappa shape index (κ2) is 7.20. The van der Waals surface area contributed by atoms with Gasteiger partial charge in [0.15, 0.2) is 5.76 Å². The third kappa shape index (κ3) is 3.20. The van der Waals surface area contributed by atoms with Crippen LogP contribution < -0.4 is 5.32 Å². The van der Waals surface area contributed by atoms with E-state index >= 15 is 0 Å². The van der Waals surface area contributed by atoms with Crippen LogP contribution in [0.3, 0.4) is 0 Å². The molecule has 2 aromatic heterocycles. The second-order valence-electron chi connectivity index (χ2n) is 6.78. The van der Waals surface area contributed by atoms with Crippen molar-refractivity contribution in [1.82, 2.24) is 0 Å². The van der Waals surface area contributed by atoms with Gasteiger partial charge in [-0.15, -0.1) is 11.3 Å². The van der Waals surface area contributed by atoms with Gasteiger partial charge in [0, 0.05) is 21.9 Å². The van der Waals surface area contributed by atoms with E-state index < -0.39 is 0 Å². The monoisotopic (exact) mass is 399 g/mol. The summed E-state index contributed by atoms with van der Waals surface area (Å²) in [4.78, 5) is 12.7. The lowest BCUT2D eigenvalue weighted by atomic mass is 10.0. The first kappa shape index (κ1) is 17.7. The van der Waals surface area contributed by atoms with Gasteiger partial charge < -0.3 is 14.8 Å². The zero-order valence-electron chi connectivity index (χ0n) is 15.4. The fraction of sp³-hybridized carbons (Fsp3) is 0.0417. The number of furan rings is 1. The van der Waals surface area contributed by atoms with Crippen molar-refractivity contribution < 1.29 is 14.3 Å². The van der Waals surface area contributed by atoms with E-state index in [1.165, 1.54) is 11.3 Å². The van der Waals surface area contributed by atoms with Gasteiger partial charge in [-0.2, -0.15) is 0 Å². The Morgan fingerprint density at radius 3 is 2.48 bits per heavy atom. The third-order valence-electron chi connectivity index (χ3n) is 4.99. The number of rotatable bonds is 4. The number of carbonyl (C=O) groups excluding carboxylic acids is 1. The summed E-state index contributed by atoms with van der Waals surface area (Å²) in [5, 5.41) is 18.6. The van der Waals surface area contributed by atoms with Crippen LogP contribution in [0.5, 0.6) is 0 Å². The Kier molecular flexibility index (Phi) is 4.39. The molecule has 0 bridgehead atoms. The number of hydrogen-bond donors (Lipinski definition) is 2. The van der Waals surface area contributed by atoms with Gasteiger partial charge >= 0.3 is 0 Å². The van der Waals surface area contributed by atoms with Crippen LogP contribution in [0.15, 0.2) is 82.6 Å². The van der Waals surface area contributed by atoms with Crippen molar-refractivity contribution >= 4 is 44.0 Å². The summed E-state index contributed by atoms with van der Waals surface area (Å²) in [6.07, 6.45) is 0. The lowest BCUT2D eigenvalue weighted by Crippen LogP contribution is -2.11. The minimum Gasteiger partial charge on any atom is -0.451 e. The second-order valence-corrected chi connectivity index (χ2v) is 7.66. The van der Waals surface area contributed by atoms with Gasteiger partial charge in [0.25, 0.3) is 5.91 Å². The van der Waals surface area contributed by atoms with E-state index in [4.69, 9.17) is 4.42 Å². The highest BCUT2D eigenvalue weighted by atomic mass is 32.1. The van der Waals surface area contributed by atoms with Crippen molar-refractivity contribution in [2.75, 3.05) is 5.32 Å². The molecule has 3 aromatic carbocycles. The number of nitrogens with one attached hydrogen (secondary N) is 1. The summed E-state index contributed by atoms with van der Waals surface area (Å²) in [5.41, 5.74) is 3.30. The molecule has 29 heavy (non-hydrogen) atoms. The number of aliphatic hydroxyl groups is 1. The first-order valence-electron chi connectivity index (χ1n) is 9.23. The summed E-state index contributed by atoms with van der Waals surface area (Å²) in [6.45, 7) is -0.165. The molecule has 0 fully saturated rings. The molecule has 5 heteroatoms. The molecule has 0 radical (unpaired) electrons. The Balaban J connectivity index is 1.48. The summed E-state index contributed by atoms with van der Waals surface area (Å²) in [6, 6.07) is 23.6. The first-order valence-corrected chi connectivity index (χ1v) is 10.1. The number of fused-ring (bicyclic) bond motifs is 2. The van der Waals surface area contributed by atoms with Crippen molar-refractivity contribution in [1.29, 1.82) is 0 Å². The SMILES string of the molecule is O=C(Nc1scc(-c2ccc3ccccc3c2)c1CO)c1cc2ccccc2o1. The number of anilines is 1. The predicted molar refractivity (Wildman–Crippen MR) is 117 cm³/mol. The van der Waals surface area contributed by atoms with E-state index in [-0.39, 0.29) is 18.3 Å². The van der Waals surface area contributed by atoms with Crippen molar-refractivity contribution in [3.63, 3.8) is 0 Å². The Morgan fingerprint density at radius 1 is 0.931 bits per heavy atom. The molecule has 0 aliphatic heterocycles. The predicted octanol–water partition coefficient (Wildman–Crippen LogP) is 6.06.